The lowest BCUT2D eigenvalue weighted by Crippen LogP contribution is -2.43. The molecule has 1 atom stereocenters. The Morgan fingerprint density at radius 1 is 1.52 bits per heavy atom. The van der Waals surface area contributed by atoms with Gasteiger partial charge in [-0.05, 0) is 40.2 Å². The Kier molecular flexibility index (Phi) is 4.95. The van der Waals surface area contributed by atoms with Crippen LogP contribution in [0.25, 0.3) is 0 Å². The van der Waals surface area contributed by atoms with E-state index in [2.05, 4.69) is 10.3 Å². The first kappa shape index (κ1) is 15.9. The van der Waals surface area contributed by atoms with Crippen LogP contribution in [0.3, 0.4) is 0 Å². The first-order chi connectivity index (χ1) is 9.85. The Morgan fingerprint density at radius 3 is 2.90 bits per heavy atom. The van der Waals surface area contributed by atoms with E-state index in [9.17, 15) is 9.59 Å². The Balaban J connectivity index is 1.89. The summed E-state index contributed by atoms with van der Waals surface area (Å²) in [6.07, 6.45) is 3.27. The Hall–Kier alpha value is -1.47. The van der Waals surface area contributed by atoms with Crippen LogP contribution in [0, 0.1) is 0 Å². The van der Waals surface area contributed by atoms with Crippen LogP contribution in [0.15, 0.2) is 11.6 Å². The number of likely N-dealkylation sites (tertiary alicyclic amines) is 1. The Morgan fingerprint density at radius 2 is 2.29 bits per heavy atom. The van der Waals surface area contributed by atoms with Crippen molar-refractivity contribution in [2.75, 3.05) is 18.4 Å². The standard InChI is InChI=1S/C14H21N3O3S/c1-14(2,3)20-12(19)10-5-4-7-17(10)9-11(18)16-13-15-6-8-21-13/h6,8,10H,4-5,7,9H2,1-3H3,(H,15,16,18)/t10-/m0/s1. The van der Waals surface area contributed by atoms with Crippen molar-refractivity contribution in [2.45, 2.75) is 45.3 Å². The molecule has 116 valence electrons. The fraction of sp³-hybridized carbons (Fsp3) is 0.643. The molecule has 6 nitrogen and oxygen atoms in total. The lowest BCUT2D eigenvalue weighted by Gasteiger charge is -2.26. The Labute approximate surface area is 128 Å². The van der Waals surface area contributed by atoms with E-state index in [1.165, 1.54) is 11.3 Å². The number of hydrogen-bond acceptors (Lipinski definition) is 6. The van der Waals surface area contributed by atoms with Gasteiger partial charge in [-0.1, -0.05) is 0 Å². The molecule has 1 aromatic rings. The molecule has 1 aliphatic rings. The van der Waals surface area contributed by atoms with Gasteiger partial charge in [0, 0.05) is 11.6 Å². The minimum atomic E-state index is -0.505. The van der Waals surface area contributed by atoms with Crippen molar-refractivity contribution in [1.29, 1.82) is 0 Å². The average molecular weight is 311 g/mol. The zero-order valence-electron chi connectivity index (χ0n) is 12.6. The maximum atomic E-state index is 12.2. The minimum Gasteiger partial charge on any atom is -0.459 e. The molecule has 0 aromatic carbocycles. The van der Waals surface area contributed by atoms with E-state index in [1.54, 1.807) is 11.6 Å². The van der Waals surface area contributed by atoms with Gasteiger partial charge in [0.05, 0.1) is 6.54 Å². The minimum absolute atomic E-state index is 0.152. The summed E-state index contributed by atoms with van der Waals surface area (Å²) in [5.74, 6) is -0.401. The number of carbonyl (C=O) groups excluding carboxylic acids is 2. The van der Waals surface area contributed by atoms with E-state index >= 15 is 0 Å². The molecular weight excluding hydrogens is 290 g/mol. The zero-order chi connectivity index (χ0) is 15.5. The second-order valence-electron chi connectivity index (χ2n) is 6.05. The summed E-state index contributed by atoms with van der Waals surface area (Å²) < 4.78 is 5.42. The van der Waals surface area contributed by atoms with Crippen LogP contribution < -0.4 is 5.32 Å². The van der Waals surface area contributed by atoms with Crippen LogP contribution in [-0.2, 0) is 14.3 Å². The van der Waals surface area contributed by atoms with Crippen LogP contribution in [0.5, 0.6) is 0 Å². The van der Waals surface area contributed by atoms with E-state index in [4.69, 9.17) is 4.74 Å². The van der Waals surface area contributed by atoms with E-state index < -0.39 is 5.60 Å². The fourth-order valence-corrected chi connectivity index (χ4v) is 2.83. The molecular formula is C14H21N3O3S. The number of amides is 1. The van der Waals surface area contributed by atoms with Crippen molar-refractivity contribution in [3.05, 3.63) is 11.6 Å². The van der Waals surface area contributed by atoms with Crippen molar-refractivity contribution in [3.8, 4) is 0 Å². The molecule has 1 saturated heterocycles. The van der Waals surface area contributed by atoms with Crippen LogP contribution in [-0.4, -0.2) is 46.5 Å². The molecule has 2 rings (SSSR count). The van der Waals surface area contributed by atoms with Gasteiger partial charge in [0.1, 0.15) is 11.6 Å². The highest BCUT2D eigenvalue weighted by molar-refractivity contribution is 7.13. The molecule has 1 aromatic heterocycles. The lowest BCUT2D eigenvalue weighted by molar-refractivity contribution is -0.160. The topological polar surface area (TPSA) is 71.5 Å². The third kappa shape index (κ3) is 4.78. The van der Waals surface area contributed by atoms with Gasteiger partial charge in [-0.3, -0.25) is 14.5 Å². The highest BCUT2D eigenvalue weighted by Crippen LogP contribution is 2.21. The summed E-state index contributed by atoms with van der Waals surface area (Å²) in [5, 5.41) is 5.11. The number of ether oxygens (including phenoxy) is 1. The largest absolute Gasteiger partial charge is 0.459 e. The molecule has 0 aliphatic carbocycles. The van der Waals surface area contributed by atoms with Crippen molar-refractivity contribution >= 4 is 28.3 Å². The molecule has 1 amide bonds. The van der Waals surface area contributed by atoms with Crippen LogP contribution in [0.1, 0.15) is 33.6 Å². The maximum absolute atomic E-state index is 12.2. The third-order valence-corrected chi connectivity index (χ3v) is 3.76. The first-order valence-electron chi connectivity index (χ1n) is 7.01. The second kappa shape index (κ2) is 6.53. The number of esters is 1. The van der Waals surface area contributed by atoms with Gasteiger partial charge in [0.2, 0.25) is 5.91 Å². The van der Waals surface area contributed by atoms with Crippen LogP contribution in [0.2, 0.25) is 0 Å². The molecule has 0 unspecified atom stereocenters. The van der Waals surface area contributed by atoms with Gasteiger partial charge >= 0.3 is 5.97 Å². The summed E-state index contributed by atoms with van der Waals surface area (Å²) in [5.41, 5.74) is -0.505. The molecule has 1 N–H and O–H groups in total. The molecule has 0 radical (unpaired) electrons. The van der Waals surface area contributed by atoms with Gasteiger partial charge < -0.3 is 10.1 Å². The summed E-state index contributed by atoms with van der Waals surface area (Å²) in [6.45, 7) is 6.46. The lowest BCUT2D eigenvalue weighted by atomic mass is 10.1. The van der Waals surface area contributed by atoms with Crippen LogP contribution >= 0.6 is 11.3 Å². The quantitative estimate of drug-likeness (QED) is 0.860. The van der Waals surface area contributed by atoms with E-state index in [-0.39, 0.29) is 24.5 Å². The highest BCUT2D eigenvalue weighted by atomic mass is 32.1. The summed E-state index contributed by atoms with van der Waals surface area (Å²) in [6, 6.07) is -0.328. The summed E-state index contributed by atoms with van der Waals surface area (Å²) in [4.78, 5) is 30.0. The second-order valence-corrected chi connectivity index (χ2v) is 6.94. The number of aromatic nitrogens is 1. The number of rotatable bonds is 4. The normalized spacial score (nSPS) is 19.5. The molecule has 0 bridgehead atoms. The monoisotopic (exact) mass is 311 g/mol. The predicted octanol–water partition coefficient (Wildman–Crippen LogP) is 1.89. The van der Waals surface area contributed by atoms with Crippen LogP contribution in [0.4, 0.5) is 5.13 Å². The van der Waals surface area contributed by atoms with Gasteiger partial charge in [-0.2, -0.15) is 0 Å². The molecule has 0 spiro atoms. The van der Waals surface area contributed by atoms with Gasteiger partial charge in [0.15, 0.2) is 5.13 Å². The van der Waals surface area contributed by atoms with Crippen molar-refractivity contribution in [1.82, 2.24) is 9.88 Å². The SMILES string of the molecule is CC(C)(C)OC(=O)[C@@H]1CCCN1CC(=O)Nc1nccs1. The smallest absolute Gasteiger partial charge is 0.323 e. The van der Waals surface area contributed by atoms with Gasteiger partial charge in [-0.25, -0.2) is 4.98 Å². The fourth-order valence-electron chi connectivity index (χ4n) is 2.28. The molecule has 0 saturated carbocycles. The van der Waals surface area contributed by atoms with Gasteiger partial charge in [0.25, 0.3) is 0 Å². The Bertz CT molecular complexity index is 496. The van der Waals surface area contributed by atoms with Crippen molar-refractivity contribution in [2.24, 2.45) is 0 Å². The van der Waals surface area contributed by atoms with E-state index in [0.717, 1.165) is 19.4 Å². The average Bonchev–Trinajstić information content (AvgIpc) is 2.97. The number of thiazole rings is 1. The van der Waals surface area contributed by atoms with E-state index in [1.807, 2.05) is 25.7 Å². The number of nitrogens with one attached hydrogen (secondary N) is 1. The summed E-state index contributed by atoms with van der Waals surface area (Å²) in [7, 11) is 0. The highest BCUT2D eigenvalue weighted by Gasteiger charge is 2.34. The number of carbonyl (C=O) groups is 2. The third-order valence-electron chi connectivity index (χ3n) is 3.07. The maximum Gasteiger partial charge on any atom is 0.323 e. The number of anilines is 1. The molecule has 21 heavy (non-hydrogen) atoms. The molecule has 7 heteroatoms. The van der Waals surface area contributed by atoms with Gasteiger partial charge in [-0.15, -0.1) is 11.3 Å². The molecule has 1 fully saturated rings. The first-order valence-corrected chi connectivity index (χ1v) is 7.89. The number of hydrogen-bond donors (Lipinski definition) is 1. The van der Waals surface area contributed by atoms with Crippen molar-refractivity contribution in [3.63, 3.8) is 0 Å². The zero-order valence-corrected chi connectivity index (χ0v) is 13.4. The summed E-state index contributed by atoms with van der Waals surface area (Å²) >= 11 is 1.37. The molecule has 2 heterocycles. The van der Waals surface area contributed by atoms with Crippen molar-refractivity contribution < 1.29 is 14.3 Å². The predicted molar refractivity (Wildman–Crippen MR) is 81.2 cm³/mol. The molecule has 1 aliphatic heterocycles. The number of nitrogens with zero attached hydrogens (tertiary/aromatic N) is 2. The van der Waals surface area contributed by atoms with E-state index in [0.29, 0.717) is 5.13 Å².